The van der Waals surface area contributed by atoms with E-state index in [1.165, 1.54) is 47.7 Å². The number of rotatable bonds is 4. The second-order valence-electron chi connectivity index (χ2n) is 6.97. The summed E-state index contributed by atoms with van der Waals surface area (Å²) in [4.78, 5) is 0. The maximum atomic E-state index is 4.71. The Bertz CT molecular complexity index is 838. The van der Waals surface area contributed by atoms with Crippen LogP contribution in [-0.2, 0) is 0 Å². The minimum atomic E-state index is 0.344. The Kier molecular flexibility index (Phi) is 4.11. The van der Waals surface area contributed by atoms with E-state index in [1.807, 2.05) is 6.20 Å². The first-order valence-electron chi connectivity index (χ1n) is 9.03. The van der Waals surface area contributed by atoms with E-state index in [-0.39, 0.29) is 0 Å². The molecule has 1 aliphatic rings. The van der Waals surface area contributed by atoms with Crippen molar-refractivity contribution in [3.05, 3.63) is 59.9 Å². The highest BCUT2D eigenvalue weighted by Crippen LogP contribution is 2.27. The van der Waals surface area contributed by atoms with Gasteiger partial charge < -0.3 is 5.32 Å². The number of benzene rings is 2. The molecule has 124 valence electrons. The molecular weight excluding hydrogens is 294 g/mol. The third-order valence-electron chi connectivity index (χ3n) is 5.35. The molecule has 0 amide bonds. The summed E-state index contributed by atoms with van der Waals surface area (Å²) in [5, 5.41) is 11.0. The van der Waals surface area contributed by atoms with Gasteiger partial charge in [0.2, 0.25) is 0 Å². The van der Waals surface area contributed by atoms with Gasteiger partial charge in [0.05, 0.1) is 11.9 Å². The van der Waals surface area contributed by atoms with Crippen molar-refractivity contribution in [2.45, 2.75) is 51.6 Å². The maximum Gasteiger partial charge on any atom is 0.0727 e. The molecule has 0 aliphatic heterocycles. The zero-order chi connectivity index (χ0) is 16.5. The van der Waals surface area contributed by atoms with Crippen LogP contribution in [-0.4, -0.2) is 15.8 Å². The van der Waals surface area contributed by atoms with Gasteiger partial charge in [-0.15, -0.1) is 0 Å². The van der Waals surface area contributed by atoms with E-state index in [0.717, 1.165) is 5.69 Å². The van der Waals surface area contributed by atoms with Crippen LogP contribution < -0.4 is 5.32 Å². The first-order valence-corrected chi connectivity index (χ1v) is 9.03. The average Bonchev–Trinajstić information content (AvgIpc) is 3.24. The van der Waals surface area contributed by atoms with Gasteiger partial charge in [-0.2, -0.15) is 5.10 Å². The largest absolute Gasteiger partial charge is 0.307 e. The Morgan fingerprint density at radius 3 is 2.67 bits per heavy atom. The minimum Gasteiger partial charge on any atom is -0.307 e. The van der Waals surface area contributed by atoms with Crippen LogP contribution in [0.2, 0.25) is 0 Å². The molecule has 1 aromatic heterocycles. The van der Waals surface area contributed by atoms with Crippen molar-refractivity contribution in [1.29, 1.82) is 0 Å². The molecular formula is C21H25N3. The lowest BCUT2D eigenvalue weighted by molar-refractivity contribution is 0.460. The monoisotopic (exact) mass is 319 g/mol. The molecule has 1 aliphatic carbocycles. The minimum absolute atomic E-state index is 0.344. The van der Waals surface area contributed by atoms with Crippen molar-refractivity contribution >= 4 is 10.8 Å². The second kappa shape index (κ2) is 6.40. The lowest BCUT2D eigenvalue weighted by Crippen LogP contribution is -2.29. The molecule has 3 heteroatoms. The molecule has 4 rings (SSSR count). The van der Waals surface area contributed by atoms with Crippen molar-refractivity contribution in [2.24, 2.45) is 0 Å². The molecule has 0 radical (unpaired) electrons. The fourth-order valence-electron chi connectivity index (χ4n) is 4.02. The van der Waals surface area contributed by atoms with Crippen molar-refractivity contribution in [2.75, 3.05) is 0 Å². The van der Waals surface area contributed by atoms with Gasteiger partial charge in [0.15, 0.2) is 0 Å². The molecule has 1 saturated carbocycles. The van der Waals surface area contributed by atoms with Crippen LogP contribution in [0.1, 0.15) is 49.9 Å². The molecule has 3 aromatic rings. The van der Waals surface area contributed by atoms with Crippen molar-refractivity contribution < 1.29 is 0 Å². The van der Waals surface area contributed by atoms with Gasteiger partial charge in [-0.3, -0.25) is 0 Å². The van der Waals surface area contributed by atoms with Gasteiger partial charge in [0.25, 0.3) is 0 Å². The van der Waals surface area contributed by atoms with Gasteiger partial charge in [0, 0.05) is 28.7 Å². The highest BCUT2D eigenvalue weighted by atomic mass is 15.3. The van der Waals surface area contributed by atoms with E-state index in [1.54, 1.807) is 0 Å². The molecule has 0 spiro atoms. The summed E-state index contributed by atoms with van der Waals surface area (Å²) in [6.45, 7) is 4.44. The van der Waals surface area contributed by atoms with Gasteiger partial charge in [-0.05, 0) is 38.1 Å². The Morgan fingerprint density at radius 2 is 1.83 bits per heavy atom. The Labute approximate surface area is 143 Å². The average molecular weight is 319 g/mol. The maximum absolute atomic E-state index is 4.71. The van der Waals surface area contributed by atoms with Crippen LogP contribution in [0.4, 0.5) is 0 Å². The van der Waals surface area contributed by atoms with Gasteiger partial charge in [0.1, 0.15) is 0 Å². The van der Waals surface area contributed by atoms with Gasteiger partial charge in [-0.25, -0.2) is 4.68 Å². The normalized spacial score (nSPS) is 16.8. The SMILES string of the molecule is Cc1c(C(C)NC2CCCC2)cnn1-c1cccc2ccccc12. The quantitative estimate of drug-likeness (QED) is 0.739. The summed E-state index contributed by atoms with van der Waals surface area (Å²) < 4.78 is 2.09. The van der Waals surface area contributed by atoms with Crippen LogP contribution in [0.5, 0.6) is 0 Å². The summed E-state index contributed by atoms with van der Waals surface area (Å²) in [7, 11) is 0. The molecule has 1 fully saturated rings. The van der Waals surface area contributed by atoms with E-state index < -0.39 is 0 Å². The number of nitrogens with one attached hydrogen (secondary N) is 1. The van der Waals surface area contributed by atoms with Crippen molar-refractivity contribution in [3.8, 4) is 5.69 Å². The summed E-state index contributed by atoms with van der Waals surface area (Å²) in [6, 6.07) is 15.9. The van der Waals surface area contributed by atoms with E-state index >= 15 is 0 Å². The standard InChI is InChI=1S/C21H25N3/c1-15(23-18-10-4-5-11-18)20-14-22-24(16(20)2)21-13-7-9-17-8-3-6-12-19(17)21/h3,6-9,12-15,18,23H,4-5,10-11H2,1-2H3. The fraction of sp³-hybridized carbons (Fsp3) is 0.381. The predicted molar refractivity (Wildman–Crippen MR) is 99.6 cm³/mol. The molecule has 0 bridgehead atoms. The van der Waals surface area contributed by atoms with E-state index in [4.69, 9.17) is 5.10 Å². The lowest BCUT2D eigenvalue weighted by atomic mass is 10.1. The highest BCUT2D eigenvalue weighted by Gasteiger charge is 2.20. The van der Waals surface area contributed by atoms with Gasteiger partial charge in [-0.1, -0.05) is 49.2 Å². The summed E-state index contributed by atoms with van der Waals surface area (Å²) in [6.07, 6.45) is 7.36. The number of hydrogen-bond donors (Lipinski definition) is 1. The zero-order valence-electron chi connectivity index (χ0n) is 14.5. The highest BCUT2D eigenvalue weighted by molar-refractivity contribution is 5.90. The third kappa shape index (κ3) is 2.73. The van der Waals surface area contributed by atoms with Gasteiger partial charge >= 0.3 is 0 Å². The molecule has 24 heavy (non-hydrogen) atoms. The number of hydrogen-bond acceptors (Lipinski definition) is 2. The van der Waals surface area contributed by atoms with Crippen LogP contribution in [0.3, 0.4) is 0 Å². The predicted octanol–water partition coefficient (Wildman–Crippen LogP) is 4.93. The van der Waals surface area contributed by atoms with Crippen molar-refractivity contribution in [3.63, 3.8) is 0 Å². The molecule has 3 nitrogen and oxygen atoms in total. The fourth-order valence-corrected chi connectivity index (χ4v) is 4.02. The summed E-state index contributed by atoms with van der Waals surface area (Å²) in [5.74, 6) is 0. The van der Waals surface area contributed by atoms with Crippen LogP contribution in [0, 0.1) is 6.92 Å². The Hall–Kier alpha value is -2.13. The third-order valence-corrected chi connectivity index (χ3v) is 5.35. The van der Waals surface area contributed by atoms with E-state index in [0.29, 0.717) is 12.1 Å². The topological polar surface area (TPSA) is 29.9 Å². The Balaban J connectivity index is 1.68. The number of aromatic nitrogens is 2. The molecule has 1 heterocycles. The number of fused-ring (bicyclic) bond motifs is 1. The molecule has 1 N–H and O–H groups in total. The van der Waals surface area contributed by atoms with Crippen LogP contribution in [0.25, 0.3) is 16.5 Å². The zero-order valence-corrected chi connectivity index (χ0v) is 14.5. The summed E-state index contributed by atoms with van der Waals surface area (Å²) in [5.41, 5.74) is 3.68. The Morgan fingerprint density at radius 1 is 1.08 bits per heavy atom. The lowest BCUT2D eigenvalue weighted by Gasteiger charge is -2.19. The van der Waals surface area contributed by atoms with Crippen LogP contribution >= 0.6 is 0 Å². The first-order chi connectivity index (χ1) is 11.7. The smallest absolute Gasteiger partial charge is 0.0727 e. The van der Waals surface area contributed by atoms with Crippen molar-refractivity contribution in [1.82, 2.24) is 15.1 Å². The molecule has 0 saturated heterocycles. The molecule has 1 atom stereocenters. The number of nitrogens with zero attached hydrogens (tertiary/aromatic N) is 2. The summed E-state index contributed by atoms with van der Waals surface area (Å²) >= 11 is 0. The van der Waals surface area contributed by atoms with E-state index in [2.05, 4.69) is 66.3 Å². The molecule has 2 aromatic carbocycles. The van der Waals surface area contributed by atoms with E-state index in [9.17, 15) is 0 Å². The second-order valence-corrected chi connectivity index (χ2v) is 6.97. The van der Waals surface area contributed by atoms with Crippen LogP contribution in [0.15, 0.2) is 48.7 Å². The molecule has 1 unspecified atom stereocenters. The first kappa shape index (κ1) is 15.4.